The number of nitrogens with zero attached hydrogens (tertiary/aromatic N) is 1. The second-order valence-electron chi connectivity index (χ2n) is 2.91. The summed E-state index contributed by atoms with van der Waals surface area (Å²) in [6.45, 7) is 0. The number of hydrogen-bond acceptors (Lipinski definition) is 3. The molecule has 0 saturated heterocycles. The van der Waals surface area contributed by atoms with Crippen LogP contribution in [0.3, 0.4) is 0 Å². The molecule has 0 amide bonds. The molecule has 0 aromatic heterocycles. The summed E-state index contributed by atoms with van der Waals surface area (Å²) in [6.07, 6.45) is 1.12. The smallest absolute Gasteiger partial charge is 0.346 e. The lowest BCUT2D eigenvalue weighted by atomic mass is 10.1. The van der Waals surface area contributed by atoms with Gasteiger partial charge < -0.3 is 10.2 Å². The zero-order valence-electron chi connectivity index (χ0n) is 8.04. The van der Waals surface area contributed by atoms with Gasteiger partial charge in [-0.2, -0.15) is 5.26 Å². The van der Waals surface area contributed by atoms with Gasteiger partial charge in [0.25, 0.3) is 0 Å². The van der Waals surface area contributed by atoms with Crippen LogP contribution in [0.15, 0.2) is 29.8 Å². The van der Waals surface area contributed by atoms with E-state index in [1.165, 1.54) is 30.3 Å². The third kappa shape index (κ3) is 2.69. The largest absolute Gasteiger partial charge is 0.478 e. The first-order valence-corrected chi connectivity index (χ1v) is 4.23. The first-order chi connectivity index (χ1) is 7.54. The van der Waals surface area contributed by atoms with Crippen LogP contribution < -0.4 is 0 Å². The van der Waals surface area contributed by atoms with Crippen molar-refractivity contribution in [2.24, 2.45) is 0 Å². The van der Waals surface area contributed by atoms with E-state index in [4.69, 9.17) is 15.5 Å². The maximum atomic E-state index is 10.6. The fourth-order valence-corrected chi connectivity index (χ4v) is 1.07. The average Bonchev–Trinajstić information content (AvgIpc) is 2.25. The molecule has 0 aliphatic rings. The van der Waals surface area contributed by atoms with Crippen LogP contribution >= 0.6 is 0 Å². The van der Waals surface area contributed by atoms with Gasteiger partial charge >= 0.3 is 11.9 Å². The van der Waals surface area contributed by atoms with Crippen molar-refractivity contribution in [3.63, 3.8) is 0 Å². The molecule has 0 aliphatic heterocycles. The Morgan fingerprint density at radius 2 is 2.00 bits per heavy atom. The summed E-state index contributed by atoms with van der Waals surface area (Å²) >= 11 is 0. The van der Waals surface area contributed by atoms with E-state index in [0.29, 0.717) is 5.56 Å². The number of hydrogen-bond donors (Lipinski definition) is 2. The molecule has 5 heteroatoms. The van der Waals surface area contributed by atoms with Crippen LogP contribution in [0.4, 0.5) is 0 Å². The summed E-state index contributed by atoms with van der Waals surface area (Å²) in [5, 5.41) is 25.8. The maximum absolute atomic E-state index is 10.6. The van der Waals surface area contributed by atoms with E-state index in [9.17, 15) is 9.59 Å². The van der Waals surface area contributed by atoms with Gasteiger partial charge in [-0.1, -0.05) is 12.1 Å². The highest BCUT2D eigenvalue weighted by Gasteiger charge is 2.07. The Labute approximate surface area is 90.9 Å². The minimum Gasteiger partial charge on any atom is -0.478 e. The maximum Gasteiger partial charge on any atom is 0.346 e. The van der Waals surface area contributed by atoms with Crippen LogP contribution in [0, 0.1) is 11.3 Å². The first kappa shape index (κ1) is 11.5. The summed E-state index contributed by atoms with van der Waals surface area (Å²) in [5.74, 6) is -2.45. The van der Waals surface area contributed by atoms with Gasteiger partial charge in [0.15, 0.2) is 0 Å². The van der Waals surface area contributed by atoms with Crippen LogP contribution in [0.25, 0.3) is 6.08 Å². The molecule has 0 spiro atoms. The molecule has 0 atom stereocenters. The van der Waals surface area contributed by atoms with Crippen molar-refractivity contribution < 1.29 is 19.8 Å². The molecule has 5 nitrogen and oxygen atoms in total. The van der Waals surface area contributed by atoms with E-state index in [2.05, 4.69) is 0 Å². The highest BCUT2D eigenvalue weighted by molar-refractivity contribution is 5.97. The Hall–Kier alpha value is -2.61. The predicted octanol–water partition coefficient (Wildman–Crippen LogP) is 1.38. The van der Waals surface area contributed by atoms with Crippen molar-refractivity contribution in [1.82, 2.24) is 0 Å². The first-order valence-electron chi connectivity index (χ1n) is 4.23. The normalized spacial score (nSPS) is 10.6. The standard InChI is InChI=1S/C11H7NO4/c12-6-9(11(15)16)5-7-2-1-3-8(4-7)10(13)14/h1-5H,(H,13,14)(H,15,16). The van der Waals surface area contributed by atoms with Gasteiger partial charge in [0.1, 0.15) is 11.6 Å². The van der Waals surface area contributed by atoms with Crippen molar-refractivity contribution in [3.05, 3.63) is 41.0 Å². The van der Waals surface area contributed by atoms with Crippen molar-refractivity contribution >= 4 is 18.0 Å². The number of carbonyl (C=O) groups is 2. The van der Waals surface area contributed by atoms with E-state index >= 15 is 0 Å². The zero-order valence-corrected chi connectivity index (χ0v) is 8.04. The average molecular weight is 217 g/mol. The lowest BCUT2D eigenvalue weighted by molar-refractivity contribution is -0.132. The second kappa shape index (κ2) is 4.75. The van der Waals surface area contributed by atoms with Gasteiger partial charge in [0.2, 0.25) is 0 Å². The SMILES string of the molecule is N#CC(=Cc1cccc(C(=O)O)c1)C(=O)O. The van der Waals surface area contributed by atoms with Crippen molar-refractivity contribution in [2.45, 2.75) is 0 Å². The van der Waals surface area contributed by atoms with Crippen LogP contribution in [0.2, 0.25) is 0 Å². The van der Waals surface area contributed by atoms with E-state index in [-0.39, 0.29) is 5.56 Å². The molecule has 1 aromatic rings. The summed E-state index contributed by atoms with van der Waals surface area (Å²) in [4.78, 5) is 21.2. The van der Waals surface area contributed by atoms with E-state index < -0.39 is 17.5 Å². The van der Waals surface area contributed by atoms with Crippen molar-refractivity contribution in [1.29, 1.82) is 5.26 Å². The topological polar surface area (TPSA) is 98.4 Å². The molecule has 0 bridgehead atoms. The number of rotatable bonds is 3. The minimum atomic E-state index is -1.34. The van der Waals surface area contributed by atoms with Crippen LogP contribution in [-0.2, 0) is 4.79 Å². The van der Waals surface area contributed by atoms with Crippen molar-refractivity contribution in [2.75, 3.05) is 0 Å². The Balaban J connectivity index is 3.16. The molecular formula is C11H7NO4. The molecule has 1 rings (SSSR count). The van der Waals surface area contributed by atoms with Gasteiger partial charge in [-0.3, -0.25) is 0 Å². The number of aliphatic carboxylic acids is 1. The molecule has 1 aromatic carbocycles. The van der Waals surface area contributed by atoms with Crippen LogP contribution in [0.1, 0.15) is 15.9 Å². The number of benzene rings is 1. The minimum absolute atomic E-state index is 0.0384. The number of aromatic carboxylic acids is 1. The molecular weight excluding hydrogens is 210 g/mol. The molecule has 80 valence electrons. The molecule has 16 heavy (non-hydrogen) atoms. The molecule has 0 fully saturated rings. The zero-order chi connectivity index (χ0) is 12.1. The van der Waals surface area contributed by atoms with Crippen LogP contribution in [-0.4, -0.2) is 22.2 Å². The summed E-state index contributed by atoms with van der Waals surface area (Å²) < 4.78 is 0. The highest BCUT2D eigenvalue weighted by atomic mass is 16.4. The molecule has 0 radical (unpaired) electrons. The molecule has 2 N–H and O–H groups in total. The Morgan fingerprint density at radius 1 is 1.31 bits per heavy atom. The predicted molar refractivity (Wildman–Crippen MR) is 54.6 cm³/mol. The van der Waals surface area contributed by atoms with Gasteiger partial charge in [0, 0.05) is 0 Å². The van der Waals surface area contributed by atoms with E-state index in [1.807, 2.05) is 0 Å². The monoisotopic (exact) mass is 217 g/mol. The third-order valence-corrected chi connectivity index (χ3v) is 1.80. The summed E-state index contributed by atoms with van der Waals surface area (Å²) in [7, 11) is 0. The van der Waals surface area contributed by atoms with Gasteiger partial charge in [0.05, 0.1) is 5.56 Å². The summed E-state index contributed by atoms with van der Waals surface area (Å²) in [5.41, 5.74) is -0.0437. The van der Waals surface area contributed by atoms with Gasteiger partial charge in [-0.15, -0.1) is 0 Å². The highest BCUT2D eigenvalue weighted by Crippen LogP contribution is 2.10. The lowest BCUT2D eigenvalue weighted by Crippen LogP contribution is -1.98. The molecule has 0 aliphatic carbocycles. The quantitative estimate of drug-likeness (QED) is 0.588. The Bertz CT molecular complexity index is 511. The molecule has 0 saturated carbocycles. The third-order valence-electron chi connectivity index (χ3n) is 1.80. The molecule has 0 unspecified atom stereocenters. The van der Waals surface area contributed by atoms with E-state index in [1.54, 1.807) is 0 Å². The second-order valence-corrected chi connectivity index (χ2v) is 2.91. The van der Waals surface area contributed by atoms with Gasteiger partial charge in [-0.25, -0.2) is 9.59 Å². The fourth-order valence-electron chi connectivity index (χ4n) is 1.07. The number of nitriles is 1. The van der Waals surface area contributed by atoms with Gasteiger partial charge in [-0.05, 0) is 23.8 Å². The van der Waals surface area contributed by atoms with Crippen molar-refractivity contribution in [3.8, 4) is 6.07 Å². The van der Waals surface area contributed by atoms with E-state index in [0.717, 1.165) is 6.08 Å². The Morgan fingerprint density at radius 3 is 2.50 bits per heavy atom. The molecule has 0 heterocycles. The number of carboxylic acids is 2. The summed E-state index contributed by atoms with van der Waals surface area (Å²) in [6, 6.07) is 7.19. The van der Waals surface area contributed by atoms with Crippen LogP contribution in [0.5, 0.6) is 0 Å². The Kier molecular flexibility index (Phi) is 3.41. The number of carboxylic acid groups (broad SMARTS) is 2. The fraction of sp³-hybridized carbons (Fsp3) is 0. The lowest BCUT2D eigenvalue weighted by Gasteiger charge is -1.97.